The van der Waals surface area contributed by atoms with Crippen molar-refractivity contribution >= 4 is 39.3 Å². The highest BCUT2D eigenvalue weighted by Crippen LogP contribution is 2.23. The molecular formula is C14H9BrN4S. The Bertz CT molecular complexity index is 917. The van der Waals surface area contributed by atoms with Crippen LogP contribution in [-0.2, 0) is 0 Å². The molecule has 0 bridgehead atoms. The van der Waals surface area contributed by atoms with Gasteiger partial charge in [0.15, 0.2) is 10.4 Å². The molecule has 20 heavy (non-hydrogen) atoms. The van der Waals surface area contributed by atoms with Gasteiger partial charge < -0.3 is 4.98 Å². The maximum atomic E-state index is 9.31. The minimum absolute atomic E-state index is 0.525. The molecule has 98 valence electrons. The molecule has 4 nitrogen and oxygen atoms in total. The van der Waals surface area contributed by atoms with Crippen molar-refractivity contribution in [2.45, 2.75) is 6.92 Å². The SMILES string of the molecule is Cc1ccc2[nH]c(=S)n(-c3ccc(Br)cc3C#N)c2n1. The fourth-order valence-electron chi connectivity index (χ4n) is 2.09. The first-order valence-corrected chi connectivity index (χ1v) is 7.08. The summed E-state index contributed by atoms with van der Waals surface area (Å²) in [5, 5.41) is 9.31. The number of imidazole rings is 1. The van der Waals surface area contributed by atoms with Gasteiger partial charge in [-0.25, -0.2) is 4.98 Å². The van der Waals surface area contributed by atoms with E-state index < -0.39 is 0 Å². The van der Waals surface area contributed by atoms with E-state index >= 15 is 0 Å². The summed E-state index contributed by atoms with van der Waals surface area (Å²) in [6.07, 6.45) is 0. The summed E-state index contributed by atoms with van der Waals surface area (Å²) >= 11 is 8.74. The van der Waals surface area contributed by atoms with Crippen LogP contribution in [0.25, 0.3) is 16.9 Å². The average molecular weight is 345 g/mol. The minimum Gasteiger partial charge on any atom is -0.329 e. The van der Waals surface area contributed by atoms with Crippen molar-refractivity contribution in [3.63, 3.8) is 0 Å². The quantitative estimate of drug-likeness (QED) is 0.678. The number of H-pyrrole nitrogens is 1. The Morgan fingerprint density at radius 3 is 2.90 bits per heavy atom. The number of nitrogens with one attached hydrogen (secondary N) is 1. The minimum atomic E-state index is 0.525. The van der Waals surface area contributed by atoms with Gasteiger partial charge in [-0.3, -0.25) is 4.57 Å². The number of benzene rings is 1. The second-order valence-corrected chi connectivity index (χ2v) is 5.67. The lowest BCUT2D eigenvalue weighted by molar-refractivity contribution is 1.03. The van der Waals surface area contributed by atoms with Gasteiger partial charge in [-0.15, -0.1) is 0 Å². The molecule has 1 aromatic carbocycles. The highest BCUT2D eigenvalue weighted by Gasteiger charge is 2.12. The predicted octanol–water partition coefficient (Wildman–Crippen LogP) is 4.03. The maximum absolute atomic E-state index is 9.31. The van der Waals surface area contributed by atoms with E-state index in [0.29, 0.717) is 10.3 Å². The molecule has 0 fully saturated rings. The van der Waals surface area contributed by atoms with E-state index in [0.717, 1.165) is 27.0 Å². The Morgan fingerprint density at radius 1 is 1.35 bits per heavy atom. The lowest BCUT2D eigenvalue weighted by Gasteiger charge is -2.07. The van der Waals surface area contributed by atoms with Crippen LogP contribution in [0.15, 0.2) is 34.8 Å². The van der Waals surface area contributed by atoms with Crippen molar-refractivity contribution in [3.05, 3.63) is 50.8 Å². The fourth-order valence-corrected chi connectivity index (χ4v) is 2.75. The number of nitriles is 1. The van der Waals surface area contributed by atoms with Gasteiger partial charge in [0.1, 0.15) is 6.07 Å². The third-order valence-electron chi connectivity index (χ3n) is 2.99. The Balaban J connectivity index is 2.41. The van der Waals surface area contributed by atoms with Crippen molar-refractivity contribution in [2.24, 2.45) is 0 Å². The molecule has 0 saturated carbocycles. The number of aromatic amines is 1. The molecule has 0 atom stereocenters. The molecule has 0 aliphatic carbocycles. The van der Waals surface area contributed by atoms with E-state index in [-0.39, 0.29) is 0 Å². The summed E-state index contributed by atoms with van der Waals surface area (Å²) in [5.74, 6) is 0. The molecule has 0 saturated heterocycles. The summed E-state index contributed by atoms with van der Waals surface area (Å²) in [7, 11) is 0. The third-order valence-corrected chi connectivity index (χ3v) is 3.77. The first-order valence-electron chi connectivity index (χ1n) is 5.88. The average Bonchev–Trinajstić information content (AvgIpc) is 2.74. The van der Waals surface area contributed by atoms with Gasteiger partial charge in [-0.05, 0) is 49.5 Å². The van der Waals surface area contributed by atoms with Crippen LogP contribution in [0, 0.1) is 23.0 Å². The number of rotatable bonds is 1. The van der Waals surface area contributed by atoms with E-state index in [1.54, 1.807) is 10.6 Å². The monoisotopic (exact) mass is 344 g/mol. The number of aryl methyl sites for hydroxylation is 1. The molecule has 0 radical (unpaired) electrons. The first-order chi connectivity index (χ1) is 9.60. The summed E-state index contributed by atoms with van der Waals surface area (Å²) < 4.78 is 3.17. The zero-order valence-electron chi connectivity index (χ0n) is 10.5. The van der Waals surface area contributed by atoms with Crippen LogP contribution in [0.3, 0.4) is 0 Å². The highest BCUT2D eigenvalue weighted by molar-refractivity contribution is 9.10. The van der Waals surface area contributed by atoms with Gasteiger partial charge in [-0.1, -0.05) is 15.9 Å². The highest BCUT2D eigenvalue weighted by atomic mass is 79.9. The van der Waals surface area contributed by atoms with Crippen molar-refractivity contribution in [1.82, 2.24) is 14.5 Å². The largest absolute Gasteiger partial charge is 0.329 e. The second kappa shape index (κ2) is 4.85. The topological polar surface area (TPSA) is 57.4 Å². The Kier molecular flexibility index (Phi) is 3.16. The number of fused-ring (bicyclic) bond motifs is 1. The summed E-state index contributed by atoms with van der Waals surface area (Å²) in [5.41, 5.74) is 3.75. The van der Waals surface area contributed by atoms with Crippen LogP contribution in [-0.4, -0.2) is 14.5 Å². The van der Waals surface area contributed by atoms with E-state index in [2.05, 4.69) is 32.0 Å². The van der Waals surface area contributed by atoms with Crippen molar-refractivity contribution in [2.75, 3.05) is 0 Å². The zero-order chi connectivity index (χ0) is 14.3. The molecule has 0 unspecified atom stereocenters. The zero-order valence-corrected chi connectivity index (χ0v) is 12.9. The fraction of sp³-hybridized carbons (Fsp3) is 0.0714. The summed E-state index contributed by atoms with van der Waals surface area (Å²) in [4.78, 5) is 7.63. The number of nitrogens with zero attached hydrogens (tertiary/aromatic N) is 3. The Morgan fingerprint density at radius 2 is 2.15 bits per heavy atom. The Labute approximate surface area is 128 Å². The van der Waals surface area contributed by atoms with Crippen LogP contribution in [0.1, 0.15) is 11.3 Å². The molecule has 0 amide bonds. The van der Waals surface area contributed by atoms with Gasteiger partial charge in [0, 0.05) is 10.2 Å². The number of hydrogen-bond donors (Lipinski definition) is 1. The van der Waals surface area contributed by atoms with E-state index in [9.17, 15) is 5.26 Å². The molecular weight excluding hydrogens is 336 g/mol. The predicted molar refractivity (Wildman–Crippen MR) is 83.4 cm³/mol. The number of hydrogen-bond acceptors (Lipinski definition) is 3. The van der Waals surface area contributed by atoms with Gasteiger partial charge in [0.2, 0.25) is 0 Å². The lowest BCUT2D eigenvalue weighted by atomic mass is 10.2. The van der Waals surface area contributed by atoms with Crippen LogP contribution in [0.5, 0.6) is 0 Å². The van der Waals surface area contributed by atoms with Crippen molar-refractivity contribution in [3.8, 4) is 11.8 Å². The molecule has 1 N–H and O–H groups in total. The summed E-state index contributed by atoms with van der Waals surface area (Å²) in [6.45, 7) is 1.92. The van der Waals surface area contributed by atoms with E-state index in [4.69, 9.17) is 12.2 Å². The van der Waals surface area contributed by atoms with E-state index in [1.165, 1.54) is 0 Å². The van der Waals surface area contributed by atoms with Crippen LogP contribution in [0.2, 0.25) is 0 Å². The standard InChI is InChI=1S/C14H9BrN4S/c1-8-2-4-11-13(17-8)19(14(20)18-11)12-5-3-10(15)6-9(12)7-16/h2-6H,1H3,(H,18,20). The van der Waals surface area contributed by atoms with E-state index in [1.807, 2.05) is 31.2 Å². The molecule has 2 aromatic heterocycles. The third kappa shape index (κ3) is 2.05. The number of aromatic nitrogens is 3. The lowest BCUT2D eigenvalue weighted by Crippen LogP contribution is -1.99. The van der Waals surface area contributed by atoms with Crippen LogP contribution >= 0.6 is 28.1 Å². The van der Waals surface area contributed by atoms with Crippen molar-refractivity contribution in [1.29, 1.82) is 5.26 Å². The van der Waals surface area contributed by atoms with Crippen molar-refractivity contribution < 1.29 is 0 Å². The first kappa shape index (κ1) is 13.0. The maximum Gasteiger partial charge on any atom is 0.184 e. The normalized spacial score (nSPS) is 10.7. The molecule has 0 spiro atoms. The molecule has 3 rings (SSSR count). The number of halogens is 1. The smallest absolute Gasteiger partial charge is 0.184 e. The van der Waals surface area contributed by atoms with Crippen LogP contribution < -0.4 is 0 Å². The van der Waals surface area contributed by atoms with Gasteiger partial charge >= 0.3 is 0 Å². The molecule has 0 aliphatic rings. The molecule has 3 aromatic rings. The number of pyridine rings is 1. The van der Waals surface area contributed by atoms with Gasteiger partial charge in [-0.2, -0.15) is 5.26 Å². The van der Waals surface area contributed by atoms with Crippen LogP contribution in [0.4, 0.5) is 0 Å². The van der Waals surface area contributed by atoms with Gasteiger partial charge in [0.05, 0.1) is 16.8 Å². The second-order valence-electron chi connectivity index (χ2n) is 4.36. The molecule has 6 heteroatoms. The molecule has 2 heterocycles. The summed E-state index contributed by atoms with van der Waals surface area (Å²) in [6, 6.07) is 11.6. The van der Waals surface area contributed by atoms with Gasteiger partial charge in [0.25, 0.3) is 0 Å². The molecule has 0 aliphatic heterocycles. The Hall–Kier alpha value is -1.97.